The molecule has 0 spiro atoms. The summed E-state index contributed by atoms with van der Waals surface area (Å²) in [6, 6.07) is 0. The van der Waals surface area contributed by atoms with E-state index in [1.807, 2.05) is 20.8 Å². The van der Waals surface area contributed by atoms with Gasteiger partial charge in [0.05, 0.1) is 6.10 Å². The van der Waals surface area contributed by atoms with Gasteiger partial charge >= 0.3 is 0 Å². The number of halogens is 4. The zero-order chi connectivity index (χ0) is 15.1. The summed E-state index contributed by atoms with van der Waals surface area (Å²) in [5, 5.41) is 0. The maximum atomic E-state index is 13.5. The minimum Gasteiger partial charge on any atom is -0.484 e. The van der Waals surface area contributed by atoms with Gasteiger partial charge in [-0.2, -0.15) is 22.5 Å². The highest BCUT2D eigenvalue weighted by Gasteiger charge is 2.35. The van der Waals surface area contributed by atoms with Crippen molar-refractivity contribution in [2.75, 3.05) is 0 Å². The van der Waals surface area contributed by atoms with Crippen molar-refractivity contribution < 1.29 is 22.3 Å². The Balaban J connectivity index is 2.26. The molecule has 0 aromatic carbocycles. The van der Waals surface area contributed by atoms with Crippen molar-refractivity contribution in [3.8, 4) is 5.75 Å². The maximum absolute atomic E-state index is 13.5. The van der Waals surface area contributed by atoms with Gasteiger partial charge in [0.25, 0.3) is 11.9 Å². The van der Waals surface area contributed by atoms with Gasteiger partial charge in [0.15, 0.2) is 0 Å². The van der Waals surface area contributed by atoms with Crippen molar-refractivity contribution >= 4 is 0 Å². The van der Waals surface area contributed by atoms with E-state index >= 15 is 0 Å². The van der Waals surface area contributed by atoms with Crippen LogP contribution >= 0.6 is 0 Å². The lowest BCUT2D eigenvalue weighted by Crippen LogP contribution is -2.34. The van der Waals surface area contributed by atoms with Gasteiger partial charge < -0.3 is 4.74 Å². The molecule has 0 N–H and O–H groups in total. The minimum absolute atomic E-state index is 0.0423. The van der Waals surface area contributed by atoms with Gasteiger partial charge in [-0.1, -0.05) is 20.8 Å². The molecule has 0 radical (unpaired) electrons. The van der Waals surface area contributed by atoms with Crippen LogP contribution < -0.4 is 4.74 Å². The van der Waals surface area contributed by atoms with Gasteiger partial charge in [0.2, 0.25) is 17.4 Å². The zero-order valence-electron chi connectivity index (χ0n) is 11.6. The summed E-state index contributed by atoms with van der Waals surface area (Å²) in [5.74, 6) is -7.25. The van der Waals surface area contributed by atoms with Crippen molar-refractivity contribution in [3.05, 3.63) is 23.5 Å². The first kappa shape index (κ1) is 15.1. The molecule has 2 nitrogen and oxygen atoms in total. The third kappa shape index (κ3) is 3.04. The number of hydrogen-bond donors (Lipinski definition) is 0. The van der Waals surface area contributed by atoms with E-state index in [1.54, 1.807) is 0 Å². The van der Waals surface area contributed by atoms with E-state index in [-0.39, 0.29) is 5.41 Å². The van der Waals surface area contributed by atoms with Crippen LogP contribution in [0.2, 0.25) is 0 Å². The summed E-state index contributed by atoms with van der Waals surface area (Å²) in [4.78, 5) is 2.51. The number of nitrogens with zero attached hydrogens (tertiary/aromatic N) is 1. The molecule has 1 heterocycles. The minimum atomic E-state index is -1.69. The summed E-state index contributed by atoms with van der Waals surface area (Å²) in [5.41, 5.74) is -0.0423. The van der Waals surface area contributed by atoms with Gasteiger partial charge in [-0.15, -0.1) is 0 Å². The second kappa shape index (κ2) is 5.22. The van der Waals surface area contributed by atoms with E-state index in [4.69, 9.17) is 4.74 Å². The molecule has 1 aliphatic rings. The molecular weight excluding hydrogens is 274 g/mol. The van der Waals surface area contributed by atoms with Crippen LogP contribution in [0.4, 0.5) is 17.6 Å². The molecule has 6 heteroatoms. The summed E-state index contributed by atoms with van der Waals surface area (Å²) in [6.07, 6.45) is 1.66. The van der Waals surface area contributed by atoms with Crippen molar-refractivity contribution in [1.29, 1.82) is 0 Å². The van der Waals surface area contributed by atoms with Gasteiger partial charge in [-0.25, -0.2) is 0 Å². The molecule has 112 valence electrons. The summed E-state index contributed by atoms with van der Waals surface area (Å²) < 4.78 is 58.3. The highest BCUT2D eigenvalue weighted by atomic mass is 19.2. The highest BCUT2D eigenvalue weighted by Crippen LogP contribution is 2.40. The van der Waals surface area contributed by atoms with Crippen LogP contribution in [0.5, 0.6) is 5.75 Å². The fourth-order valence-corrected chi connectivity index (χ4v) is 3.09. The lowest BCUT2D eigenvalue weighted by atomic mass is 9.71. The predicted octanol–water partition coefficient (Wildman–Crippen LogP) is 4.23. The van der Waals surface area contributed by atoms with Crippen molar-refractivity contribution in [2.45, 2.75) is 46.1 Å². The lowest BCUT2D eigenvalue weighted by molar-refractivity contribution is 0.0492. The third-order valence-electron chi connectivity index (χ3n) is 3.59. The van der Waals surface area contributed by atoms with Gasteiger partial charge in [0, 0.05) is 0 Å². The summed E-state index contributed by atoms with van der Waals surface area (Å²) in [6.45, 7) is 6.07. The highest BCUT2D eigenvalue weighted by molar-refractivity contribution is 5.24. The van der Waals surface area contributed by atoms with Crippen molar-refractivity contribution in [2.24, 2.45) is 11.3 Å². The Kier molecular flexibility index (Phi) is 3.93. The molecule has 2 rings (SSSR count). The topological polar surface area (TPSA) is 22.1 Å². The van der Waals surface area contributed by atoms with Crippen LogP contribution in [0.1, 0.15) is 40.0 Å². The fourth-order valence-electron chi connectivity index (χ4n) is 3.09. The Morgan fingerprint density at radius 2 is 1.60 bits per heavy atom. The first-order chi connectivity index (χ1) is 9.19. The molecule has 1 aromatic rings. The van der Waals surface area contributed by atoms with Gasteiger partial charge in [-0.05, 0) is 30.6 Å². The Morgan fingerprint density at radius 1 is 1.05 bits per heavy atom. The normalized spacial score (nSPS) is 25.6. The molecule has 0 amide bonds. The fraction of sp³-hybridized carbons (Fsp3) is 0.643. The van der Waals surface area contributed by atoms with Crippen LogP contribution in [-0.2, 0) is 0 Å². The molecule has 0 saturated heterocycles. The van der Waals surface area contributed by atoms with Crippen molar-refractivity contribution in [3.63, 3.8) is 0 Å². The van der Waals surface area contributed by atoms with E-state index in [9.17, 15) is 17.6 Å². The number of ether oxygens (including phenoxy) is 1. The largest absolute Gasteiger partial charge is 0.484 e. The summed E-state index contributed by atoms with van der Waals surface area (Å²) in [7, 11) is 0. The zero-order valence-corrected chi connectivity index (χ0v) is 11.6. The van der Waals surface area contributed by atoms with E-state index in [2.05, 4.69) is 4.98 Å². The molecule has 1 aliphatic carbocycles. The molecule has 2 atom stereocenters. The molecular formula is C14H17F4NO. The number of aromatic nitrogens is 1. The predicted molar refractivity (Wildman–Crippen MR) is 65.3 cm³/mol. The average molecular weight is 291 g/mol. The Labute approximate surface area is 115 Å². The van der Waals surface area contributed by atoms with Crippen molar-refractivity contribution in [1.82, 2.24) is 4.98 Å². The van der Waals surface area contributed by atoms with Crippen LogP contribution in [0.3, 0.4) is 0 Å². The molecule has 1 fully saturated rings. The van der Waals surface area contributed by atoms with E-state index in [1.165, 1.54) is 0 Å². The number of hydrogen-bond acceptors (Lipinski definition) is 2. The Hall–Kier alpha value is -1.33. The van der Waals surface area contributed by atoms with Crippen LogP contribution in [0.15, 0.2) is 0 Å². The Morgan fingerprint density at radius 3 is 2.10 bits per heavy atom. The standard InChI is InChI=1S/C14H17F4NO/c1-7-4-8(6-14(2,3)5-7)20-11-9(15)12(17)19-13(18)10(11)16/h7-8H,4-6H2,1-3H3. The third-order valence-corrected chi connectivity index (χ3v) is 3.59. The van der Waals surface area contributed by atoms with E-state index < -0.39 is 35.4 Å². The quantitative estimate of drug-likeness (QED) is 0.601. The molecule has 1 aromatic heterocycles. The molecule has 1 saturated carbocycles. The second-order valence-corrected chi connectivity index (χ2v) is 6.30. The van der Waals surface area contributed by atoms with E-state index in [0.29, 0.717) is 18.8 Å². The van der Waals surface area contributed by atoms with Crippen LogP contribution in [-0.4, -0.2) is 11.1 Å². The Bertz CT molecular complexity index is 492. The summed E-state index contributed by atoms with van der Waals surface area (Å²) >= 11 is 0. The first-order valence-corrected chi connectivity index (χ1v) is 6.56. The maximum Gasteiger partial charge on any atom is 0.255 e. The average Bonchev–Trinajstić information content (AvgIpc) is 2.29. The molecule has 20 heavy (non-hydrogen) atoms. The number of rotatable bonds is 2. The van der Waals surface area contributed by atoms with Crippen LogP contribution in [0, 0.1) is 34.9 Å². The molecule has 0 aliphatic heterocycles. The lowest BCUT2D eigenvalue weighted by Gasteiger charge is -2.38. The van der Waals surface area contributed by atoms with Crippen LogP contribution in [0.25, 0.3) is 0 Å². The molecule has 0 bridgehead atoms. The van der Waals surface area contributed by atoms with E-state index in [0.717, 1.165) is 6.42 Å². The number of pyridine rings is 1. The smallest absolute Gasteiger partial charge is 0.255 e. The van der Waals surface area contributed by atoms with Gasteiger partial charge in [0.1, 0.15) is 0 Å². The second-order valence-electron chi connectivity index (χ2n) is 6.30. The van der Waals surface area contributed by atoms with Gasteiger partial charge in [-0.3, -0.25) is 0 Å². The first-order valence-electron chi connectivity index (χ1n) is 6.56. The monoisotopic (exact) mass is 291 g/mol. The SMILES string of the molecule is CC1CC(Oc2c(F)c(F)nc(F)c2F)CC(C)(C)C1. The molecule has 2 unspecified atom stereocenters.